The van der Waals surface area contributed by atoms with Crippen LogP contribution in [0.2, 0.25) is 0 Å². The third kappa shape index (κ3) is 22.1. The summed E-state index contributed by atoms with van der Waals surface area (Å²) in [5, 5.41) is 28.4. The number of Topliss-reactive ketones (excluding diaryl/α,β-unsaturated/α-hetero) is 1. The molecule has 6 rings (SSSR count). The van der Waals surface area contributed by atoms with E-state index in [-0.39, 0.29) is 72.5 Å². The second kappa shape index (κ2) is 31.8. The number of amides is 2. The van der Waals surface area contributed by atoms with Crippen molar-refractivity contribution in [1.29, 1.82) is 0 Å². The van der Waals surface area contributed by atoms with E-state index in [1.807, 2.05) is 81.4 Å². The van der Waals surface area contributed by atoms with E-state index in [2.05, 4.69) is 10.6 Å². The van der Waals surface area contributed by atoms with Crippen LogP contribution in [-0.2, 0) is 61.4 Å². The molecule has 2 saturated heterocycles. The van der Waals surface area contributed by atoms with E-state index < -0.39 is 67.9 Å². The summed E-state index contributed by atoms with van der Waals surface area (Å²) in [7, 11) is -5.05. The van der Waals surface area contributed by atoms with Crippen LogP contribution in [0, 0.1) is 11.8 Å². The number of methoxy groups -OCH3 is 2. The van der Waals surface area contributed by atoms with E-state index in [0.29, 0.717) is 70.0 Å². The molecular weight excluding hydrogens is 1100 g/mol. The van der Waals surface area contributed by atoms with Crippen LogP contribution in [0.25, 0.3) is 0 Å². The van der Waals surface area contributed by atoms with Crippen LogP contribution in [0.5, 0.6) is 11.5 Å². The first-order valence-electron chi connectivity index (χ1n) is 27.8. The molecule has 4 N–H and O–H groups in total. The van der Waals surface area contributed by atoms with Crippen LogP contribution in [-0.4, -0.2) is 162 Å². The van der Waals surface area contributed by atoms with E-state index >= 15 is 0 Å². The summed E-state index contributed by atoms with van der Waals surface area (Å²) in [6.07, 6.45) is -1.06. The minimum Gasteiger partial charge on any atom is -0.497 e. The SMILES string of the molecule is COc1ccc(S(=O)(=O)N(CC(C)CCC(C)=O)CC(O)[C@H](Cc2ccccc2)NC(=O)OC2CCOC2)cc1.COc1ccc(S(=O)(=O)N(CC(C)CCC2(C)OCCO2)CC(O)[C@H](Cc2ccccc2)NC(=O)OC(C)(C)C)cc1. The van der Waals surface area contributed by atoms with Gasteiger partial charge in [-0.15, -0.1) is 0 Å². The molecule has 2 aliphatic heterocycles. The summed E-state index contributed by atoms with van der Waals surface area (Å²) in [4.78, 5) is 37.1. The molecule has 2 heterocycles. The van der Waals surface area contributed by atoms with E-state index in [0.717, 1.165) is 11.1 Å². The average Bonchev–Trinajstić information content (AvgIpc) is 4.21. The van der Waals surface area contributed by atoms with Crippen molar-refractivity contribution in [2.45, 2.75) is 145 Å². The number of ether oxygens (including phenoxy) is 7. The Morgan fingerprint density at radius 2 is 1.10 bits per heavy atom. The Bertz CT molecular complexity index is 2790. The maximum Gasteiger partial charge on any atom is 0.407 e. The summed E-state index contributed by atoms with van der Waals surface area (Å²) in [5.74, 6) is 0.140. The first kappa shape index (κ1) is 67.1. The zero-order valence-corrected chi connectivity index (χ0v) is 50.5. The number of rotatable bonds is 29. The number of aliphatic hydroxyl groups excluding tert-OH is 2. The van der Waals surface area contributed by atoms with Crippen LogP contribution in [0.1, 0.15) is 91.7 Å². The van der Waals surface area contributed by atoms with Crippen molar-refractivity contribution in [2.75, 3.05) is 66.8 Å². The number of sulfonamides is 2. The zero-order valence-electron chi connectivity index (χ0n) is 48.9. The smallest absolute Gasteiger partial charge is 0.407 e. The Morgan fingerprint density at radius 1 is 0.659 bits per heavy atom. The number of carbonyl (C=O) groups is 3. The first-order chi connectivity index (χ1) is 38.8. The van der Waals surface area contributed by atoms with Crippen molar-refractivity contribution in [2.24, 2.45) is 11.8 Å². The molecule has 454 valence electrons. The van der Waals surface area contributed by atoms with Gasteiger partial charge in [0.1, 0.15) is 29.0 Å². The summed E-state index contributed by atoms with van der Waals surface area (Å²) >= 11 is 0. The normalized spacial score (nSPS) is 17.5. The van der Waals surface area contributed by atoms with Gasteiger partial charge in [0.2, 0.25) is 20.0 Å². The number of benzene rings is 4. The molecule has 0 bridgehead atoms. The van der Waals surface area contributed by atoms with Crippen molar-refractivity contribution < 1.29 is 74.6 Å². The predicted octanol–water partition coefficient (Wildman–Crippen LogP) is 7.54. The van der Waals surface area contributed by atoms with Crippen molar-refractivity contribution in [1.82, 2.24) is 19.2 Å². The number of hydrogen-bond acceptors (Lipinski definition) is 16. The molecule has 20 nitrogen and oxygen atoms in total. The number of hydrogen-bond donors (Lipinski definition) is 4. The second-order valence-corrected chi connectivity index (χ2v) is 26.1. The van der Waals surface area contributed by atoms with Gasteiger partial charge in [-0.3, -0.25) is 0 Å². The number of nitrogens with one attached hydrogen (secondary N) is 2. The molecule has 2 fully saturated rings. The molecule has 82 heavy (non-hydrogen) atoms. The lowest BCUT2D eigenvalue weighted by atomic mass is 10.00. The first-order valence-corrected chi connectivity index (χ1v) is 30.7. The highest BCUT2D eigenvalue weighted by Crippen LogP contribution is 2.29. The van der Waals surface area contributed by atoms with Crippen molar-refractivity contribution in [3.63, 3.8) is 0 Å². The predicted molar refractivity (Wildman–Crippen MR) is 309 cm³/mol. The molecule has 0 aromatic heterocycles. The molecule has 2 aliphatic rings. The number of aliphatic hydroxyl groups is 2. The number of alkyl carbamates (subject to hydrolysis) is 2. The minimum absolute atomic E-state index is 0.0229. The van der Waals surface area contributed by atoms with E-state index in [4.69, 9.17) is 33.2 Å². The molecule has 0 spiro atoms. The van der Waals surface area contributed by atoms with Crippen molar-refractivity contribution in [3.05, 3.63) is 120 Å². The van der Waals surface area contributed by atoms with E-state index in [1.54, 1.807) is 45.0 Å². The summed E-state index contributed by atoms with van der Waals surface area (Å²) < 4.78 is 95.8. The van der Waals surface area contributed by atoms with Gasteiger partial charge in [-0.1, -0.05) is 74.5 Å². The molecule has 4 aromatic carbocycles. The van der Waals surface area contributed by atoms with Crippen LogP contribution in [0.4, 0.5) is 9.59 Å². The quantitative estimate of drug-likeness (QED) is 0.0410. The number of nitrogens with zero attached hydrogens (tertiary/aromatic N) is 2. The van der Waals surface area contributed by atoms with Gasteiger partial charge in [0.15, 0.2) is 5.79 Å². The lowest BCUT2D eigenvalue weighted by molar-refractivity contribution is -0.149. The molecule has 22 heteroatoms. The third-order valence-electron chi connectivity index (χ3n) is 13.9. The Hall–Kier alpha value is -5.69. The lowest BCUT2D eigenvalue weighted by Gasteiger charge is -2.32. The third-order valence-corrected chi connectivity index (χ3v) is 17.6. The van der Waals surface area contributed by atoms with Gasteiger partial charge in [0.25, 0.3) is 0 Å². The maximum absolute atomic E-state index is 13.9. The van der Waals surface area contributed by atoms with Gasteiger partial charge in [-0.2, -0.15) is 8.61 Å². The fourth-order valence-electron chi connectivity index (χ4n) is 9.25. The van der Waals surface area contributed by atoms with Crippen LogP contribution < -0.4 is 20.1 Å². The van der Waals surface area contributed by atoms with Crippen LogP contribution in [0.15, 0.2) is 119 Å². The van der Waals surface area contributed by atoms with Gasteiger partial charge in [-0.05, 0) is 132 Å². The number of carbonyl (C=O) groups excluding carboxylic acids is 3. The van der Waals surface area contributed by atoms with Crippen molar-refractivity contribution >= 4 is 38.0 Å². The second-order valence-electron chi connectivity index (χ2n) is 22.2. The topological polar surface area (TPSA) is 255 Å². The Balaban J connectivity index is 0.000000301. The molecule has 2 amide bonds. The van der Waals surface area contributed by atoms with Gasteiger partial charge in [0, 0.05) is 45.4 Å². The molecule has 4 aromatic rings. The van der Waals surface area contributed by atoms with Gasteiger partial charge < -0.3 is 58.8 Å². The Labute approximate surface area is 485 Å². The molecule has 5 unspecified atom stereocenters. The molecular formula is C60H86N4O16S2. The van der Waals surface area contributed by atoms with Gasteiger partial charge >= 0.3 is 12.2 Å². The largest absolute Gasteiger partial charge is 0.497 e. The van der Waals surface area contributed by atoms with Gasteiger partial charge in [0.05, 0.1) is 74.7 Å². The minimum atomic E-state index is -4.04. The fourth-order valence-corrected chi connectivity index (χ4v) is 12.4. The van der Waals surface area contributed by atoms with Gasteiger partial charge in [-0.25, -0.2) is 26.4 Å². The average molecular weight is 1180 g/mol. The monoisotopic (exact) mass is 1180 g/mol. The lowest BCUT2D eigenvalue weighted by Crippen LogP contribution is -2.52. The summed E-state index contributed by atoms with van der Waals surface area (Å²) in [6, 6.07) is 29.2. The Kier molecular flexibility index (Phi) is 26.0. The molecule has 0 aliphatic carbocycles. The zero-order chi connectivity index (χ0) is 60.1. The van der Waals surface area contributed by atoms with Crippen LogP contribution in [0.3, 0.4) is 0 Å². The Morgan fingerprint density at radius 3 is 1.50 bits per heavy atom. The van der Waals surface area contributed by atoms with Crippen molar-refractivity contribution in [3.8, 4) is 11.5 Å². The fraction of sp³-hybridized carbons (Fsp3) is 0.550. The maximum atomic E-state index is 13.9. The highest BCUT2D eigenvalue weighted by atomic mass is 32.2. The van der Waals surface area contributed by atoms with E-state index in [9.17, 15) is 41.4 Å². The van der Waals surface area contributed by atoms with Crippen LogP contribution >= 0.6 is 0 Å². The molecule has 0 radical (unpaired) electrons. The molecule has 7 atom stereocenters. The summed E-state index contributed by atoms with van der Waals surface area (Å²) in [6.45, 7) is 14.1. The number of ketones is 1. The highest BCUT2D eigenvalue weighted by Gasteiger charge is 2.36. The summed E-state index contributed by atoms with van der Waals surface area (Å²) in [5.41, 5.74) is 0.991. The highest BCUT2D eigenvalue weighted by molar-refractivity contribution is 7.89. The standard InChI is InChI=1S/C31H46N2O8S.C29H40N2O8S/c1-23(16-17-31(5)39-18-19-40-31)21-33(42(36,37)26-14-12-25(38-6)13-15-26)22-28(34)27(20-24-10-8-7-9-11-24)32-29(35)41-30(2,3)4;1-21(9-10-22(2)32)18-31(40(35,36)26-13-11-24(37-3)12-14-26)19-28(33)27(17-23-7-5-4-6-8-23)30-29(34)39-25-15-16-38-20-25/h7-15,23,27-28,34H,16-22H2,1-6H3,(H,32,35);4-8,11-14,21,25,27-28,33H,9-10,15-20H2,1-3H3,(H,30,34)/t23?,27-,28?;21?,25?,27-,28?/m00/s1. The molecule has 0 saturated carbocycles. The van der Waals surface area contributed by atoms with E-state index in [1.165, 1.54) is 54.0 Å².